The van der Waals surface area contributed by atoms with E-state index in [9.17, 15) is 0 Å². The molecule has 16 heavy (non-hydrogen) atoms. The molecule has 1 saturated carbocycles. The lowest BCUT2D eigenvalue weighted by atomic mass is 10.2. The number of thioether (sulfide) groups is 1. The first-order valence-corrected chi connectivity index (χ1v) is 7.30. The number of hydrogen-bond donors (Lipinski definition) is 1. The van der Waals surface area contributed by atoms with Crippen LogP contribution in [0.4, 0.5) is 0 Å². The maximum absolute atomic E-state index is 5.53. The summed E-state index contributed by atoms with van der Waals surface area (Å²) in [5.41, 5.74) is 1.31. The Morgan fingerprint density at radius 3 is 2.81 bits per heavy atom. The minimum absolute atomic E-state index is 0.701. The molecule has 90 valence electrons. The molecule has 1 aliphatic carbocycles. The maximum Gasteiger partial charge on any atom is 0.105 e. The highest BCUT2D eigenvalue weighted by Crippen LogP contribution is 2.28. The number of hydrogen-bond acceptors (Lipinski definition) is 3. The molecule has 2 rings (SSSR count). The fourth-order valence-corrected chi connectivity index (χ4v) is 3.25. The topological polar surface area (TPSA) is 25.2 Å². The third-order valence-electron chi connectivity index (χ3n) is 3.44. The number of aryl methyl sites for hydroxylation is 2. The van der Waals surface area contributed by atoms with Crippen LogP contribution in [0.15, 0.2) is 10.5 Å². The molecule has 0 aliphatic heterocycles. The van der Waals surface area contributed by atoms with Gasteiger partial charge in [-0.1, -0.05) is 0 Å². The van der Waals surface area contributed by atoms with Crippen LogP contribution in [0.25, 0.3) is 0 Å². The lowest BCUT2D eigenvalue weighted by molar-refractivity contribution is 0.489. The molecule has 1 aliphatic rings. The zero-order valence-corrected chi connectivity index (χ0v) is 11.2. The largest absolute Gasteiger partial charge is 0.466 e. The molecular formula is C13H21NOS. The van der Waals surface area contributed by atoms with Crippen molar-refractivity contribution in [3.05, 3.63) is 23.2 Å². The van der Waals surface area contributed by atoms with E-state index in [1.807, 2.05) is 25.6 Å². The Bertz CT molecular complexity index is 348. The molecule has 1 aromatic heterocycles. The SMILES string of the molecule is CSC1CCC(NCc2cc(C)oc2C)C1. The Morgan fingerprint density at radius 2 is 2.25 bits per heavy atom. The fraction of sp³-hybridized carbons (Fsp3) is 0.692. The Kier molecular flexibility index (Phi) is 3.98. The number of furan rings is 1. The summed E-state index contributed by atoms with van der Waals surface area (Å²) in [6.07, 6.45) is 6.22. The van der Waals surface area contributed by atoms with Gasteiger partial charge in [0.1, 0.15) is 11.5 Å². The summed E-state index contributed by atoms with van der Waals surface area (Å²) in [4.78, 5) is 0. The molecule has 3 heteroatoms. The lowest BCUT2D eigenvalue weighted by Crippen LogP contribution is -2.26. The van der Waals surface area contributed by atoms with Crippen molar-refractivity contribution in [1.82, 2.24) is 5.32 Å². The zero-order valence-electron chi connectivity index (χ0n) is 10.4. The molecule has 1 N–H and O–H groups in total. The van der Waals surface area contributed by atoms with Crippen molar-refractivity contribution in [3.8, 4) is 0 Å². The highest BCUT2D eigenvalue weighted by Gasteiger charge is 2.23. The van der Waals surface area contributed by atoms with E-state index in [1.165, 1.54) is 24.8 Å². The van der Waals surface area contributed by atoms with Gasteiger partial charge in [-0.15, -0.1) is 0 Å². The van der Waals surface area contributed by atoms with E-state index in [-0.39, 0.29) is 0 Å². The summed E-state index contributed by atoms with van der Waals surface area (Å²) in [5.74, 6) is 2.08. The van der Waals surface area contributed by atoms with Gasteiger partial charge >= 0.3 is 0 Å². The van der Waals surface area contributed by atoms with Crippen molar-refractivity contribution >= 4 is 11.8 Å². The molecular weight excluding hydrogens is 218 g/mol. The quantitative estimate of drug-likeness (QED) is 0.873. The van der Waals surface area contributed by atoms with E-state index in [4.69, 9.17) is 4.42 Å². The lowest BCUT2D eigenvalue weighted by Gasteiger charge is -2.11. The molecule has 2 unspecified atom stereocenters. The first-order chi connectivity index (χ1) is 7.69. The normalized spacial score (nSPS) is 25.2. The Labute approximate surface area is 102 Å². The van der Waals surface area contributed by atoms with Gasteiger partial charge in [0.2, 0.25) is 0 Å². The van der Waals surface area contributed by atoms with E-state index in [0.717, 1.165) is 23.3 Å². The number of nitrogens with one attached hydrogen (secondary N) is 1. The average molecular weight is 239 g/mol. The van der Waals surface area contributed by atoms with Gasteiger partial charge in [-0.25, -0.2) is 0 Å². The van der Waals surface area contributed by atoms with Crippen molar-refractivity contribution in [2.45, 2.75) is 50.9 Å². The second-order valence-corrected chi connectivity index (χ2v) is 5.83. The molecule has 1 aromatic rings. The van der Waals surface area contributed by atoms with Gasteiger partial charge < -0.3 is 9.73 Å². The highest BCUT2D eigenvalue weighted by molar-refractivity contribution is 7.99. The second-order valence-electron chi connectivity index (χ2n) is 4.69. The van der Waals surface area contributed by atoms with Crippen LogP contribution in [0, 0.1) is 13.8 Å². The van der Waals surface area contributed by atoms with Gasteiger partial charge in [-0.2, -0.15) is 11.8 Å². The molecule has 0 spiro atoms. The summed E-state index contributed by atoms with van der Waals surface area (Å²) in [6, 6.07) is 2.84. The monoisotopic (exact) mass is 239 g/mol. The van der Waals surface area contributed by atoms with Crippen LogP contribution in [-0.2, 0) is 6.54 Å². The molecule has 0 amide bonds. The van der Waals surface area contributed by atoms with Crippen LogP contribution in [0.3, 0.4) is 0 Å². The van der Waals surface area contributed by atoms with Crippen molar-refractivity contribution in [3.63, 3.8) is 0 Å². The van der Waals surface area contributed by atoms with Crippen molar-refractivity contribution in [1.29, 1.82) is 0 Å². The van der Waals surface area contributed by atoms with Crippen molar-refractivity contribution in [2.24, 2.45) is 0 Å². The summed E-state index contributed by atoms with van der Waals surface area (Å²) >= 11 is 2.01. The Balaban J connectivity index is 1.82. The molecule has 0 aromatic carbocycles. The van der Waals surface area contributed by atoms with Crippen LogP contribution in [0.2, 0.25) is 0 Å². The molecule has 0 radical (unpaired) electrons. The third-order valence-corrected chi connectivity index (χ3v) is 4.54. The molecule has 0 saturated heterocycles. The summed E-state index contributed by atoms with van der Waals surface area (Å²) in [5, 5.41) is 4.51. The third kappa shape index (κ3) is 2.83. The van der Waals surface area contributed by atoms with Crippen LogP contribution >= 0.6 is 11.8 Å². The summed E-state index contributed by atoms with van der Waals surface area (Å²) < 4.78 is 5.53. The van der Waals surface area contributed by atoms with Crippen LogP contribution < -0.4 is 5.32 Å². The smallest absolute Gasteiger partial charge is 0.105 e. The summed E-state index contributed by atoms with van der Waals surface area (Å²) in [6.45, 7) is 5.01. The standard InChI is InChI=1S/C13H21NOS/c1-9-6-11(10(2)15-9)8-14-12-4-5-13(7-12)16-3/h6,12-14H,4-5,7-8H2,1-3H3. The van der Waals surface area contributed by atoms with Gasteiger partial charge in [-0.3, -0.25) is 0 Å². The maximum atomic E-state index is 5.53. The number of rotatable bonds is 4. The Hall–Kier alpha value is -0.410. The van der Waals surface area contributed by atoms with Crippen molar-refractivity contribution in [2.75, 3.05) is 6.26 Å². The molecule has 1 heterocycles. The first kappa shape index (κ1) is 12.1. The second kappa shape index (κ2) is 5.28. The Morgan fingerprint density at radius 1 is 1.44 bits per heavy atom. The van der Waals surface area contributed by atoms with E-state index in [0.29, 0.717) is 6.04 Å². The van der Waals surface area contributed by atoms with Gasteiger partial charge in [0, 0.05) is 23.4 Å². The van der Waals surface area contributed by atoms with Crippen LogP contribution in [0.5, 0.6) is 0 Å². The van der Waals surface area contributed by atoms with Crippen LogP contribution in [-0.4, -0.2) is 17.5 Å². The predicted octanol–water partition coefficient (Wildman–Crippen LogP) is 3.27. The van der Waals surface area contributed by atoms with E-state index in [2.05, 4.69) is 17.6 Å². The van der Waals surface area contributed by atoms with Gasteiger partial charge in [-0.05, 0) is 45.4 Å². The minimum Gasteiger partial charge on any atom is -0.466 e. The van der Waals surface area contributed by atoms with Gasteiger partial charge in [0.25, 0.3) is 0 Å². The average Bonchev–Trinajstić information content (AvgIpc) is 2.82. The van der Waals surface area contributed by atoms with Crippen LogP contribution in [0.1, 0.15) is 36.3 Å². The fourth-order valence-electron chi connectivity index (χ4n) is 2.45. The zero-order chi connectivity index (χ0) is 11.5. The molecule has 0 bridgehead atoms. The minimum atomic E-state index is 0.701. The van der Waals surface area contributed by atoms with Gasteiger partial charge in [0.05, 0.1) is 0 Å². The van der Waals surface area contributed by atoms with Gasteiger partial charge in [0.15, 0.2) is 0 Å². The van der Waals surface area contributed by atoms with E-state index in [1.54, 1.807) is 0 Å². The van der Waals surface area contributed by atoms with Crippen molar-refractivity contribution < 1.29 is 4.42 Å². The first-order valence-electron chi connectivity index (χ1n) is 6.01. The van der Waals surface area contributed by atoms with E-state index >= 15 is 0 Å². The summed E-state index contributed by atoms with van der Waals surface area (Å²) in [7, 11) is 0. The molecule has 1 fully saturated rings. The molecule has 2 atom stereocenters. The van der Waals surface area contributed by atoms with E-state index < -0.39 is 0 Å². The molecule has 2 nitrogen and oxygen atoms in total. The predicted molar refractivity (Wildman–Crippen MR) is 70.0 cm³/mol. The highest BCUT2D eigenvalue weighted by atomic mass is 32.2.